The topological polar surface area (TPSA) is 58.2 Å². The molecule has 1 amide bonds. The number of carbonyl (C=O) groups is 2. The lowest BCUT2D eigenvalue weighted by molar-refractivity contribution is -0.137. The molecule has 2 aromatic rings. The molecule has 2 aliphatic rings. The van der Waals surface area contributed by atoms with Gasteiger partial charge in [0.25, 0.3) is 5.91 Å². The number of rotatable bonds is 3. The van der Waals surface area contributed by atoms with E-state index in [4.69, 9.17) is 23.2 Å². The van der Waals surface area contributed by atoms with Gasteiger partial charge in [-0.25, -0.2) is 0 Å². The number of Topliss-reactive ketones (excluding diaryl/α,β-unsaturated/α-hetero) is 1. The summed E-state index contributed by atoms with van der Waals surface area (Å²) in [5, 5.41) is 6.14. The van der Waals surface area contributed by atoms with E-state index in [1.165, 1.54) is 0 Å². The summed E-state index contributed by atoms with van der Waals surface area (Å²) in [6.45, 7) is 5.71. The summed E-state index contributed by atoms with van der Waals surface area (Å²) in [4.78, 5) is 26.9. The van der Waals surface area contributed by atoms with Crippen LogP contribution >= 0.6 is 23.2 Å². The van der Waals surface area contributed by atoms with E-state index >= 15 is 0 Å². The van der Waals surface area contributed by atoms with Crippen molar-refractivity contribution in [1.29, 1.82) is 0 Å². The van der Waals surface area contributed by atoms with Crippen molar-refractivity contribution in [2.24, 2.45) is 5.41 Å². The Morgan fingerprint density at radius 2 is 1.83 bits per heavy atom. The average Bonchev–Trinajstić information content (AvgIpc) is 2.72. The number of amides is 1. The Bertz CT molecular complexity index is 1300. The summed E-state index contributed by atoms with van der Waals surface area (Å²) in [5.41, 5.74) is 1.19. The van der Waals surface area contributed by atoms with Gasteiger partial charge < -0.3 is 10.6 Å². The molecule has 0 bridgehead atoms. The van der Waals surface area contributed by atoms with Crippen LogP contribution in [-0.2, 0) is 15.8 Å². The number of benzene rings is 2. The van der Waals surface area contributed by atoms with E-state index < -0.39 is 23.6 Å². The molecule has 1 atom stereocenters. The predicted octanol–water partition coefficient (Wildman–Crippen LogP) is 7.25. The molecule has 1 aliphatic carbocycles. The van der Waals surface area contributed by atoms with E-state index in [0.717, 1.165) is 23.9 Å². The number of ketones is 1. The fraction of sp³-hybridized carbons (Fsp3) is 0.308. The van der Waals surface area contributed by atoms with Gasteiger partial charge in [0.2, 0.25) is 0 Å². The van der Waals surface area contributed by atoms with Gasteiger partial charge in [0.1, 0.15) is 0 Å². The van der Waals surface area contributed by atoms with Crippen LogP contribution in [0.4, 0.5) is 18.9 Å². The zero-order valence-corrected chi connectivity index (χ0v) is 20.8. The third kappa shape index (κ3) is 5.11. The largest absolute Gasteiger partial charge is 0.416 e. The molecule has 1 unspecified atom stereocenters. The highest BCUT2D eigenvalue weighted by molar-refractivity contribution is 6.34. The molecule has 4 nitrogen and oxygen atoms in total. The second kappa shape index (κ2) is 9.03. The molecule has 2 N–H and O–H groups in total. The number of anilines is 1. The van der Waals surface area contributed by atoms with Gasteiger partial charge in [-0.2, -0.15) is 13.2 Å². The Kier molecular flexibility index (Phi) is 6.53. The molecule has 0 spiro atoms. The number of nitrogens with one attached hydrogen (secondary N) is 2. The number of allylic oxidation sites excluding steroid dienone is 3. The van der Waals surface area contributed by atoms with E-state index in [2.05, 4.69) is 10.6 Å². The first-order valence-electron chi connectivity index (χ1n) is 10.9. The second-order valence-electron chi connectivity index (χ2n) is 9.63. The minimum Gasteiger partial charge on any atom is -0.362 e. The molecule has 0 fully saturated rings. The van der Waals surface area contributed by atoms with Crippen molar-refractivity contribution >= 4 is 40.6 Å². The van der Waals surface area contributed by atoms with Crippen LogP contribution in [0.15, 0.2) is 65.0 Å². The quantitative estimate of drug-likeness (QED) is 0.446. The van der Waals surface area contributed by atoms with E-state index in [0.29, 0.717) is 34.7 Å². The maximum atomic E-state index is 13.6. The van der Waals surface area contributed by atoms with Gasteiger partial charge in [0, 0.05) is 39.9 Å². The summed E-state index contributed by atoms with van der Waals surface area (Å²) in [7, 11) is 0. The highest BCUT2D eigenvalue weighted by Crippen LogP contribution is 2.47. The van der Waals surface area contributed by atoms with Crippen molar-refractivity contribution in [3.63, 3.8) is 0 Å². The summed E-state index contributed by atoms with van der Waals surface area (Å²) in [6.07, 6.45) is -3.69. The van der Waals surface area contributed by atoms with Crippen LogP contribution in [0.25, 0.3) is 0 Å². The lowest BCUT2D eigenvalue weighted by Crippen LogP contribution is -2.39. The number of halogens is 5. The van der Waals surface area contributed by atoms with Crippen LogP contribution in [0.1, 0.15) is 50.7 Å². The maximum absolute atomic E-state index is 13.6. The number of alkyl halides is 3. The normalized spacial score (nSPS) is 19.9. The SMILES string of the molecule is CC1=C(C(=O)Nc2cc(C(F)(F)F)ccc2Cl)C(c2cccc(Cl)c2)C2=C(CC(C)(C)CC2=O)N1. The summed E-state index contributed by atoms with van der Waals surface area (Å²) < 4.78 is 39.7. The first kappa shape index (κ1) is 25.3. The third-order valence-electron chi connectivity index (χ3n) is 6.21. The van der Waals surface area contributed by atoms with Crippen LogP contribution in [0.2, 0.25) is 10.0 Å². The number of carbonyl (C=O) groups excluding carboxylic acids is 2. The van der Waals surface area contributed by atoms with Gasteiger partial charge in [-0.05, 0) is 54.7 Å². The van der Waals surface area contributed by atoms with Crippen molar-refractivity contribution in [1.82, 2.24) is 5.32 Å². The van der Waals surface area contributed by atoms with Crippen LogP contribution < -0.4 is 10.6 Å². The molecule has 0 radical (unpaired) electrons. The van der Waals surface area contributed by atoms with Crippen molar-refractivity contribution < 1.29 is 22.8 Å². The van der Waals surface area contributed by atoms with E-state index in [1.54, 1.807) is 31.2 Å². The minimum atomic E-state index is -4.60. The molecule has 1 aliphatic heterocycles. The fourth-order valence-corrected chi connectivity index (χ4v) is 5.11. The summed E-state index contributed by atoms with van der Waals surface area (Å²) >= 11 is 12.3. The molecule has 4 rings (SSSR count). The molecule has 9 heteroatoms. The Hall–Kier alpha value is -2.77. The Morgan fingerprint density at radius 3 is 2.49 bits per heavy atom. The van der Waals surface area contributed by atoms with Gasteiger partial charge in [-0.3, -0.25) is 9.59 Å². The van der Waals surface area contributed by atoms with Crippen molar-refractivity contribution in [2.75, 3.05) is 5.32 Å². The summed E-state index contributed by atoms with van der Waals surface area (Å²) in [6, 6.07) is 9.60. The van der Waals surface area contributed by atoms with E-state index in [1.807, 2.05) is 13.8 Å². The van der Waals surface area contributed by atoms with Gasteiger partial charge >= 0.3 is 6.18 Å². The first-order chi connectivity index (χ1) is 16.3. The second-order valence-corrected chi connectivity index (χ2v) is 10.5. The van der Waals surface area contributed by atoms with E-state index in [9.17, 15) is 22.8 Å². The van der Waals surface area contributed by atoms with Crippen molar-refractivity contribution in [3.8, 4) is 0 Å². The molecular weight excluding hydrogens is 500 g/mol. The monoisotopic (exact) mass is 522 g/mol. The molecule has 2 aromatic carbocycles. The molecule has 0 saturated carbocycles. The van der Waals surface area contributed by atoms with Crippen LogP contribution in [-0.4, -0.2) is 11.7 Å². The highest BCUT2D eigenvalue weighted by Gasteiger charge is 2.43. The minimum absolute atomic E-state index is 0.0388. The predicted molar refractivity (Wildman–Crippen MR) is 130 cm³/mol. The first-order valence-corrected chi connectivity index (χ1v) is 11.7. The maximum Gasteiger partial charge on any atom is 0.416 e. The zero-order valence-electron chi connectivity index (χ0n) is 19.2. The molecule has 1 heterocycles. The lowest BCUT2D eigenvalue weighted by Gasteiger charge is -2.39. The standard InChI is InChI=1S/C26H23Cl2F3N2O2/c1-13-21(24(35)33-18-10-15(26(29,30)31)7-8-17(18)28)22(14-5-4-6-16(27)9-14)23-19(32-13)11-25(2,3)12-20(23)34/h4-10,22,32H,11-12H2,1-3H3,(H,33,35). The molecular formula is C26H23Cl2F3N2O2. The number of hydrogen-bond acceptors (Lipinski definition) is 3. The van der Waals surface area contributed by atoms with Crippen molar-refractivity contribution in [2.45, 2.75) is 45.7 Å². The van der Waals surface area contributed by atoms with E-state index in [-0.39, 0.29) is 27.5 Å². The fourth-order valence-electron chi connectivity index (χ4n) is 4.74. The third-order valence-corrected chi connectivity index (χ3v) is 6.77. The van der Waals surface area contributed by atoms with Gasteiger partial charge in [0.15, 0.2) is 5.78 Å². The molecule has 0 saturated heterocycles. The number of dihydropyridines is 1. The van der Waals surface area contributed by atoms with Gasteiger partial charge in [-0.15, -0.1) is 0 Å². The van der Waals surface area contributed by atoms with Crippen LogP contribution in [0.5, 0.6) is 0 Å². The Balaban J connectivity index is 1.80. The zero-order chi connectivity index (χ0) is 25.7. The number of hydrogen-bond donors (Lipinski definition) is 2. The van der Waals surface area contributed by atoms with Gasteiger partial charge in [-0.1, -0.05) is 49.2 Å². The van der Waals surface area contributed by atoms with Gasteiger partial charge in [0.05, 0.1) is 16.3 Å². The summed E-state index contributed by atoms with van der Waals surface area (Å²) in [5.74, 6) is -1.49. The average molecular weight is 523 g/mol. The Labute approximate surface area is 211 Å². The molecule has 35 heavy (non-hydrogen) atoms. The smallest absolute Gasteiger partial charge is 0.362 e. The van der Waals surface area contributed by atoms with Crippen LogP contribution in [0, 0.1) is 5.41 Å². The lowest BCUT2D eigenvalue weighted by atomic mass is 9.68. The molecule has 184 valence electrons. The van der Waals surface area contributed by atoms with Crippen molar-refractivity contribution in [3.05, 3.63) is 86.2 Å². The highest BCUT2D eigenvalue weighted by atomic mass is 35.5. The van der Waals surface area contributed by atoms with Crippen LogP contribution in [0.3, 0.4) is 0 Å². The molecule has 0 aromatic heterocycles. The Morgan fingerprint density at radius 1 is 1.11 bits per heavy atom.